The number of halogens is 1. The number of nitrogens with zero attached hydrogens (tertiary/aromatic N) is 11. The molecule has 3 aliphatic carbocycles. The molecule has 0 radical (unpaired) electrons. The van der Waals surface area contributed by atoms with Gasteiger partial charge in [-0.25, -0.2) is 29.9 Å². The van der Waals surface area contributed by atoms with E-state index in [1.807, 2.05) is 13.1 Å². The van der Waals surface area contributed by atoms with Gasteiger partial charge in [0.1, 0.15) is 52.2 Å². The van der Waals surface area contributed by atoms with Crippen LogP contribution in [0.3, 0.4) is 0 Å². The van der Waals surface area contributed by atoms with Crippen LogP contribution in [0.1, 0.15) is 202 Å². The molecule has 17 heteroatoms. The molecule has 15 rings (SSSR count). The number of rotatable bonds is 21. The number of aliphatic hydroxyl groups excluding tert-OH is 2. The summed E-state index contributed by atoms with van der Waals surface area (Å²) < 4.78 is 16.9. The van der Waals surface area contributed by atoms with E-state index in [2.05, 4.69) is 169 Å². The molecule has 3 saturated heterocycles. The van der Waals surface area contributed by atoms with Crippen LogP contribution < -0.4 is 38.7 Å². The fourth-order valence-electron chi connectivity index (χ4n) is 15.5. The molecule has 3 aliphatic heterocycles. The number of hydrogen-bond acceptors (Lipinski definition) is 16. The van der Waals surface area contributed by atoms with Gasteiger partial charge in [0, 0.05) is 119 Å². The van der Waals surface area contributed by atoms with Crippen molar-refractivity contribution >= 4 is 73.9 Å². The summed E-state index contributed by atoms with van der Waals surface area (Å²) in [7, 11) is 10.5. The highest BCUT2D eigenvalue weighted by Gasteiger charge is 2.35. The van der Waals surface area contributed by atoms with E-state index in [9.17, 15) is 5.11 Å². The highest BCUT2D eigenvalue weighted by Crippen LogP contribution is 2.46. The van der Waals surface area contributed by atoms with Crippen LogP contribution in [-0.2, 0) is 6.42 Å². The zero-order valence-corrected chi connectivity index (χ0v) is 62.8. The SMILES string of the molecule is CCCCc1cc(C)c2nc(C3CC3)nc(N3CCC(c4ccccc4OC)CC3)c2c1.CCCN(C)c1cc(C)c2nc(C3CC3)nc(N3CCC(c4ccccc4OC)CC3)c2c1.CO.COc1ccccc1C1CCN(c2nc(C3CC3)nc3c(C)cc(N(C)CCO)cc23)CC1.Cl. The fourth-order valence-corrected chi connectivity index (χ4v) is 15.5. The van der Waals surface area contributed by atoms with Gasteiger partial charge in [0.05, 0.1) is 44.5 Å². The molecule has 3 aromatic heterocycles. The Labute approximate surface area is 606 Å². The second-order valence-electron chi connectivity index (χ2n) is 28.8. The summed E-state index contributed by atoms with van der Waals surface area (Å²) in [4.78, 5) is 42.5. The van der Waals surface area contributed by atoms with Gasteiger partial charge in [-0.1, -0.05) is 80.9 Å². The maximum absolute atomic E-state index is 9.42. The molecule has 101 heavy (non-hydrogen) atoms. The first kappa shape index (κ1) is 74.1. The Morgan fingerprint density at radius 3 is 1.06 bits per heavy atom. The number of benzene rings is 6. The van der Waals surface area contributed by atoms with Crippen LogP contribution in [0, 0.1) is 20.8 Å². The highest BCUT2D eigenvalue weighted by molar-refractivity contribution is 5.96. The smallest absolute Gasteiger partial charge is 0.140 e. The summed E-state index contributed by atoms with van der Waals surface area (Å²) in [6.45, 7) is 18.8. The van der Waals surface area contributed by atoms with Crippen LogP contribution in [0.2, 0.25) is 0 Å². The lowest BCUT2D eigenvalue weighted by molar-refractivity contribution is 0.304. The number of aryl methyl sites for hydroxylation is 4. The number of piperidine rings is 3. The Morgan fingerprint density at radius 1 is 0.416 bits per heavy atom. The third-order valence-corrected chi connectivity index (χ3v) is 21.6. The summed E-state index contributed by atoms with van der Waals surface area (Å²) >= 11 is 0. The van der Waals surface area contributed by atoms with Gasteiger partial charge < -0.3 is 48.9 Å². The van der Waals surface area contributed by atoms with Gasteiger partial charge in [-0.2, -0.15) is 0 Å². The number of unbranched alkanes of at least 4 members (excludes halogenated alkanes) is 1. The van der Waals surface area contributed by atoms with Crippen molar-refractivity contribution in [2.45, 2.75) is 173 Å². The molecule has 6 fully saturated rings. The van der Waals surface area contributed by atoms with Gasteiger partial charge in [0.2, 0.25) is 0 Å². The van der Waals surface area contributed by atoms with Crippen LogP contribution in [0.5, 0.6) is 17.2 Å². The molecule has 6 aromatic carbocycles. The van der Waals surface area contributed by atoms with Crippen LogP contribution in [0.15, 0.2) is 109 Å². The van der Waals surface area contributed by atoms with Crippen molar-refractivity contribution in [3.63, 3.8) is 0 Å². The molecule has 6 aliphatic rings. The van der Waals surface area contributed by atoms with Crippen LogP contribution in [0.25, 0.3) is 32.7 Å². The number of fused-ring (bicyclic) bond motifs is 3. The molecular weight excluding hydrogens is 1280 g/mol. The van der Waals surface area contributed by atoms with Crippen molar-refractivity contribution in [1.29, 1.82) is 0 Å². The van der Waals surface area contributed by atoms with Crippen molar-refractivity contribution < 1.29 is 24.4 Å². The van der Waals surface area contributed by atoms with E-state index in [1.165, 1.54) is 107 Å². The molecule has 0 spiro atoms. The van der Waals surface area contributed by atoms with Crippen LogP contribution >= 0.6 is 12.4 Å². The van der Waals surface area contributed by atoms with Crippen molar-refractivity contribution in [3.05, 3.63) is 166 Å². The van der Waals surface area contributed by atoms with Gasteiger partial charge in [-0.05, 0) is 222 Å². The van der Waals surface area contributed by atoms with Crippen LogP contribution in [-0.4, -0.2) is 142 Å². The highest BCUT2D eigenvalue weighted by atomic mass is 35.5. The molecule has 6 heterocycles. The standard InChI is InChI=1S/C28H36N4O.C28H35N3O.C27H34N4O2.CH4O.ClH/c1-5-14-31(3)22-17-19(2)26-24(18-22)28(30-27(29-26)21-10-11-21)32-15-12-20(13-16-32)23-8-6-7-9-25(23)33-4;1-4-5-8-20-17-19(2)26-24(18-20)28(30-27(29-26)22-11-12-22)31-15-13-21(14-16-31)23-9-6-7-10-25(23)32-3;1-18-16-21(30(2)14-15-32)17-23-25(18)28-26(20-8-9-20)29-27(23)31-12-10-19(11-13-31)22-6-4-5-7-24(22)33-3;1-2;/h6-9,17-18,20-21H,5,10-16H2,1-4H3;6-7,9-10,17-18,21-22H,4-5,8,11-16H2,1-3H3;4-7,16-17,19-20,32H,8-15H2,1-3H3;2H,1H3;1H. The van der Waals surface area contributed by atoms with E-state index in [4.69, 9.17) is 49.2 Å². The molecule has 3 saturated carbocycles. The van der Waals surface area contributed by atoms with Gasteiger partial charge in [0.15, 0.2) is 0 Å². The molecule has 2 N–H and O–H groups in total. The second-order valence-corrected chi connectivity index (χ2v) is 28.8. The third-order valence-electron chi connectivity index (χ3n) is 21.6. The zero-order valence-electron chi connectivity index (χ0n) is 62.0. The average molecular weight is 1390 g/mol. The molecular formula is C84H110ClN11O5. The van der Waals surface area contributed by atoms with Gasteiger partial charge in [-0.3, -0.25) is 0 Å². The van der Waals surface area contributed by atoms with E-state index in [0.29, 0.717) is 42.1 Å². The Hall–Kier alpha value is -8.05. The normalized spacial score (nSPS) is 16.5. The second kappa shape index (κ2) is 34.3. The Bertz CT molecular complexity index is 4050. The molecule has 16 nitrogen and oxygen atoms in total. The lowest BCUT2D eigenvalue weighted by Gasteiger charge is -2.34. The first-order valence-corrected chi connectivity index (χ1v) is 37.4. The predicted octanol–water partition coefficient (Wildman–Crippen LogP) is 17.3. The quantitative estimate of drug-likeness (QED) is 0.0698. The summed E-state index contributed by atoms with van der Waals surface area (Å²) in [5.41, 5.74) is 14.8. The minimum Gasteiger partial charge on any atom is -0.496 e. The monoisotopic (exact) mass is 1390 g/mol. The Kier molecular flexibility index (Phi) is 25.2. The van der Waals surface area contributed by atoms with Gasteiger partial charge in [-0.15, -0.1) is 12.4 Å². The first-order valence-electron chi connectivity index (χ1n) is 37.4. The molecule has 0 bridgehead atoms. The number of anilines is 5. The summed E-state index contributed by atoms with van der Waals surface area (Å²) in [6.07, 6.45) is 18.6. The fraction of sp³-hybridized carbons (Fsp3) is 0.500. The number of ether oxygens (including phenoxy) is 3. The van der Waals surface area contributed by atoms with E-state index >= 15 is 0 Å². The van der Waals surface area contributed by atoms with Crippen molar-refractivity contribution in [2.75, 3.05) is 126 Å². The summed E-state index contributed by atoms with van der Waals surface area (Å²) in [5.74, 6) is 12.7. The number of methoxy groups -OCH3 is 3. The third kappa shape index (κ3) is 17.2. The molecule has 9 aromatic rings. The molecule has 0 amide bonds. The lowest BCUT2D eigenvalue weighted by atomic mass is 9.88. The molecule has 0 atom stereocenters. The molecule has 538 valence electrons. The number of hydrogen-bond donors (Lipinski definition) is 2. The van der Waals surface area contributed by atoms with Gasteiger partial charge >= 0.3 is 0 Å². The summed E-state index contributed by atoms with van der Waals surface area (Å²) in [6, 6.07) is 39.1. The average Bonchev–Trinajstić information content (AvgIpc) is 1.63. The number of para-hydroxylation sites is 3. The van der Waals surface area contributed by atoms with E-state index in [-0.39, 0.29) is 19.0 Å². The predicted molar refractivity (Wildman–Crippen MR) is 418 cm³/mol. The lowest BCUT2D eigenvalue weighted by Crippen LogP contribution is -2.34. The van der Waals surface area contributed by atoms with Crippen molar-refractivity contribution in [3.8, 4) is 17.2 Å². The summed E-state index contributed by atoms with van der Waals surface area (Å²) in [5, 5.41) is 20.0. The minimum atomic E-state index is 0. The van der Waals surface area contributed by atoms with Crippen LogP contribution in [0.4, 0.5) is 28.8 Å². The zero-order chi connectivity index (χ0) is 70.0. The van der Waals surface area contributed by atoms with Gasteiger partial charge in [0.25, 0.3) is 0 Å². The Balaban J connectivity index is 0.000000150. The van der Waals surface area contributed by atoms with E-state index < -0.39 is 0 Å². The van der Waals surface area contributed by atoms with E-state index in [1.54, 1.807) is 21.3 Å². The number of likely N-dealkylation sites (N-methyl/N-ethyl adjacent to an activating group) is 1. The maximum Gasteiger partial charge on any atom is 0.140 e. The Morgan fingerprint density at radius 2 is 0.743 bits per heavy atom. The minimum absolute atomic E-state index is 0. The topological polar surface area (TPSA) is 162 Å². The van der Waals surface area contributed by atoms with E-state index in [0.717, 1.165) is 184 Å². The first-order chi connectivity index (χ1) is 48.8. The number of aromatic nitrogens is 6. The van der Waals surface area contributed by atoms with Crippen molar-refractivity contribution in [2.24, 2.45) is 0 Å². The number of aliphatic hydroxyl groups is 2. The molecule has 0 unspecified atom stereocenters. The maximum atomic E-state index is 9.42. The largest absolute Gasteiger partial charge is 0.496 e. The van der Waals surface area contributed by atoms with Crippen molar-refractivity contribution in [1.82, 2.24) is 29.9 Å².